The van der Waals surface area contributed by atoms with Gasteiger partial charge in [0.2, 0.25) is 0 Å². The van der Waals surface area contributed by atoms with Gasteiger partial charge in [0.1, 0.15) is 11.9 Å². The molecular formula is C11H11ClF3NO2. The number of hydrogen-bond donors (Lipinski definition) is 1. The van der Waals surface area contributed by atoms with E-state index < -0.39 is 23.8 Å². The molecule has 18 heavy (non-hydrogen) atoms. The second kappa shape index (κ2) is 5.58. The number of hydrogen-bond acceptors (Lipinski definition) is 3. The summed E-state index contributed by atoms with van der Waals surface area (Å²) in [7, 11) is 0. The third-order valence-electron chi connectivity index (χ3n) is 2.24. The van der Waals surface area contributed by atoms with E-state index in [1.54, 1.807) is 0 Å². The van der Waals surface area contributed by atoms with Crippen molar-refractivity contribution in [3.05, 3.63) is 34.6 Å². The molecule has 0 bridgehead atoms. The molecule has 1 rings (SSSR count). The van der Waals surface area contributed by atoms with Crippen LogP contribution in [0.25, 0.3) is 0 Å². The summed E-state index contributed by atoms with van der Waals surface area (Å²) in [4.78, 5) is 11.1. The normalized spacial score (nSPS) is 13.2. The van der Waals surface area contributed by atoms with Crippen LogP contribution in [0.2, 0.25) is 5.02 Å². The van der Waals surface area contributed by atoms with E-state index in [4.69, 9.17) is 17.3 Å². The molecular weight excluding hydrogens is 271 g/mol. The minimum atomic E-state index is -3.93. The molecule has 0 aliphatic heterocycles. The Morgan fingerprint density at radius 3 is 2.67 bits per heavy atom. The minimum absolute atomic E-state index is 0.198. The molecule has 0 saturated carbocycles. The molecule has 0 unspecified atom stereocenters. The predicted molar refractivity (Wildman–Crippen MR) is 59.9 cm³/mol. The van der Waals surface area contributed by atoms with Gasteiger partial charge in [-0.25, -0.2) is 9.18 Å². The van der Waals surface area contributed by atoms with Crippen molar-refractivity contribution in [2.75, 3.05) is 6.61 Å². The second-order valence-corrected chi connectivity index (χ2v) is 3.90. The van der Waals surface area contributed by atoms with Crippen LogP contribution in [0.4, 0.5) is 13.2 Å². The number of alkyl halides is 2. The van der Waals surface area contributed by atoms with Crippen molar-refractivity contribution in [3.63, 3.8) is 0 Å². The third-order valence-corrected chi connectivity index (χ3v) is 2.55. The van der Waals surface area contributed by atoms with Crippen LogP contribution < -0.4 is 5.73 Å². The van der Waals surface area contributed by atoms with Crippen molar-refractivity contribution in [2.24, 2.45) is 5.73 Å². The van der Waals surface area contributed by atoms with Gasteiger partial charge >= 0.3 is 11.9 Å². The fourth-order valence-electron chi connectivity index (χ4n) is 1.27. The highest BCUT2D eigenvalue weighted by Crippen LogP contribution is 2.31. The monoisotopic (exact) mass is 281 g/mol. The number of nitrogens with two attached hydrogens (primary N) is 1. The second-order valence-electron chi connectivity index (χ2n) is 3.49. The van der Waals surface area contributed by atoms with E-state index in [2.05, 4.69) is 4.74 Å². The van der Waals surface area contributed by atoms with Gasteiger partial charge in [0.05, 0.1) is 11.6 Å². The number of benzene rings is 1. The maximum absolute atomic E-state index is 13.6. The van der Waals surface area contributed by atoms with E-state index in [-0.39, 0.29) is 17.2 Å². The number of halogens is 4. The van der Waals surface area contributed by atoms with Crippen molar-refractivity contribution in [2.45, 2.75) is 18.9 Å². The molecule has 0 fully saturated rings. The molecule has 2 N–H and O–H groups in total. The van der Waals surface area contributed by atoms with E-state index in [1.165, 1.54) is 6.92 Å². The van der Waals surface area contributed by atoms with Crippen molar-refractivity contribution in [1.29, 1.82) is 0 Å². The Bertz CT molecular complexity index is 454. The molecule has 0 aliphatic carbocycles. The average molecular weight is 282 g/mol. The summed E-state index contributed by atoms with van der Waals surface area (Å²) in [6.07, 6.45) is 0. The zero-order chi connectivity index (χ0) is 13.9. The maximum atomic E-state index is 13.6. The molecule has 0 spiro atoms. The van der Waals surface area contributed by atoms with Crippen LogP contribution >= 0.6 is 11.6 Å². The van der Waals surface area contributed by atoms with Gasteiger partial charge in [-0.3, -0.25) is 0 Å². The highest BCUT2D eigenvalue weighted by Gasteiger charge is 2.47. The van der Waals surface area contributed by atoms with Crippen LogP contribution in [0.5, 0.6) is 0 Å². The molecule has 0 aliphatic rings. The predicted octanol–water partition coefficient (Wildman–Crippen LogP) is 2.68. The van der Waals surface area contributed by atoms with Crippen LogP contribution in [0, 0.1) is 5.82 Å². The molecule has 1 atom stereocenters. The summed E-state index contributed by atoms with van der Waals surface area (Å²) in [6.45, 7) is 1.19. The number of carbonyl (C=O) groups excluding carboxylic acids is 1. The maximum Gasteiger partial charge on any atom is 0.379 e. The first-order valence-corrected chi connectivity index (χ1v) is 5.44. The molecule has 0 aromatic heterocycles. The molecule has 100 valence electrons. The lowest BCUT2D eigenvalue weighted by molar-refractivity contribution is -0.174. The molecule has 3 nitrogen and oxygen atoms in total. The zero-order valence-corrected chi connectivity index (χ0v) is 10.2. The smallest absolute Gasteiger partial charge is 0.379 e. The SMILES string of the molecule is CCOC(=O)C(F)(F)[C@@H](N)c1ccc(Cl)c(F)c1. The van der Waals surface area contributed by atoms with Gasteiger partial charge in [-0.05, 0) is 24.6 Å². The fourth-order valence-corrected chi connectivity index (χ4v) is 1.39. The number of rotatable bonds is 4. The van der Waals surface area contributed by atoms with Crippen molar-refractivity contribution >= 4 is 17.6 Å². The van der Waals surface area contributed by atoms with Gasteiger partial charge in [0.25, 0.3) is 0 Å². The topological polar surface area (TPSA) is 52.3 Å². The minimum Gasteiger partial charge on any atom is -0.462 e. The highest BCUT2D eigenvalue weighted by molar-refractivity contribution is 6.30. The lowest BCUT2D eigenvalue weighted by atomic mass is 10.0. The van der Waals surface area contributed by atoms with Gasteiger partial charge in [-0.2, -0.15) is 8.78 Å². The van der Waals surface area contributed by atoms with Crippen LogP contribution in [0.15, 0.2) is 18.2 Å². The summed E-state index contributed by atoms with van der Waals surface area (Å²) in [5.41, 5.74) is 5.02. The summed E-state index contributed by atoms with van der Waals surface area (Å²) in [6, 6.07) is 0.986. The van der Waals surface area contributed by atoms with E-state index in [0.717, 1.165) is 18.2 Å². The summed E-state index contributed by atoms with van der Waals surface area (Å²) in [5, 5.41) is -0.217. The molecule has 0 heterocycles. The molecule has 0 radical (unpaired) electrons. The first kappa shape index (κ1) is 14.8. The first-order valence-electron chi connectivity index (χ1n) is 5.06. The van der Waals surface area contributed by atoms with Gasteiger partial charge < -0.3 is 10.5 Å². The lowest BCUT2D eigenvalue weighted by Gasteiger charge is -2.21. The molecule has 0 amide bonds. The van der Waals surface area contributed by atoms with E-state index in [0.29, 0.717) is 0 Å². The number of carbonyl (C=O) groups is 1. The van der Waals surface area contributed by atoms with Crippen molar-refractivity contribution in [3.8, 4) is 0 Å². The highest BCUT2D eigenvalue weighted by atomic mass is 35.5. The largest absolute Gasteiger partial charge is 0.462 e. The Kier molecular flexibility index (Phi) is 4.59. The Morgan fingerprint density at radius 2 is 2.17 bits per heavy atom. The third kappa shape index (κ3) is 2.94. The Hall–Kier alpha value is -1.27. The van der Waals surface area contributed by atoms with E-state index >= 15 is 0 Å². The zero-order valence-electron chi connectivity index (χ0n) is 9.42. The molecule has 1 aromatic carbocycles. The quantitative estimate of drug-likeness (QED) is 0.863. The summed E-state index contributed by atoms with van der Waals surface area (Å²) < 4.78 is 44.5. The average Bonchev–Trinajstić information content (AvgIpc) is 2.32. The van der Waals surface area contributed by atoms with Crippen LogP contribution in [0.3, 0.4) is 0 Å². The fraction of sp³-hybridized carbons (Fsp3) is 0.364. The molecule has 0 saturated heterocycles. The van der Waals surface area contributed by atoms with Crippen molar-refractivity contribution in [1.82, 2.24) is 0 Å². The number of esters is 1. The van der Waals surface area contributed by atoms with Crippen molar-refractivity contribution < 1.29 is 22.7 Å². The van der Waals surface area contributed by atoms with Crippen LogP contribution in [-0.2, 0) is 9.53 Å². The van der Waals surface area contributed by atoms with Gasteiger partial charge in [0.15, 0.2) is 0 Å². The van der Waals surface area contributed by atoms with Gasteiger partial charge in [-0.1, -0.05) is 17.7 Å². The Balaban J connectivity index is 3.01. The Labute approximate surface area is 107 Å². The Morgan fingerprint density at radius 1 is 1.56 bits per heavy atom. The number of ether oxygens (including phenoxy) is 1. The summed E-state index contributed by atoms with van der Waals surface area (Å²) in [5.74, 6) is -6.56. The van der Waals surface area contributed by atoms with Crippen LogP contribution in [-0.4, -0.2) is 18.5 Å². The first-order chi connectivity index (χ1) is 8.30. The standard InChI is InChI=1S/C11H11ClF3NO2/c1-2-18-10(17)11(14,15)9(16)6-3-4-7(12)8(13)5-6/h3-5,9H,2,16H2,1H3/t9-/m0/s1. The van der Waals surface area contributed by atoms with Gasteiger partial charge in [0, 0.05) is 0 Å². The van der Waals surface area contributed by atoms with Gasteiger partial charge in [-0.15, -0.1) is 0 Å². The molecule has 7 heteroatoms. The van der Waals surface area contributed by atoms with Crippen LogP contribution in [0.1, 0.15) is 18.5 Å². The molecule has 1 aromatic rings. The van der Waals surface area contributed by atoms with E-state index in [9.17, 15) is 18.0 Å². The summed E-state index contributed by atoms with van der Waals surface area (Å²) >= 11 is 5.42. The van der Waals surface area contributed by atoms with E-state index in [1.807, 2.05) is 0 Å². The lowest BCUT2D eigenvalue weighted by Crippen LogP contribution is -2.41.